The third-order valence-corrected chi connectivity index (χ3v) is 4.70. The Labute approximate surface area is 121 Å². The summed E-state index contributed by atoms with van der Waals surface area (Å²) >= 11 is 0. The number of nitrogens with two attached hydrogens (primary N) is 1. The number of nitrogens with zero attached hydrogens (tertiary/aromatic N) is 1. The van der Waals surface area contributed by atoms with Gasteiger partial charge in [0.1, 0.15) is 4.90 Å². The summed E-state index contributed by atoms with van der Waals surface area (Å²) < 4.78 is 47.6. The second-order valence-electron chi connectivity index (χ2n) is 3.95. The van der Waals surface area contributed by atoms with Gasteiger partial charge in [-0.3, -0.25) is 10.1 Å². The van der Waals surface area contributed by atoms with Crippen LogP contribution in [0.4, 0.5) is 11.4 Å². The zero-order chi connectivity index (χ0) is 16.3. The summed E-state index contributed by atoms with van der Waals surface area (Å²) in [6.45, 7) is -0.401. The van der Waals surface area contributed by atoms with Crippen LogP contribution in [0.5, 0.6) is 0 Å². The van der Waals surface area contributed by atoms with E-state index in [0.29, 0.717) is 0 Å². The van der Waals surface area contributed by atoms with Crippen molar-refractivity contribution >= 4 is 31.4 Å². The lowest BCUT2D eigenvalue weighted by Gasteiger charge is -2.10. The second kappa shape index (κ2) is 6.34. The number of sulfonamides is 2. The number of nitro benzene ring substituents is 1. The van der Waals surface area contributed by atoms with Gasteiger partial charge in [0, 0.05) is 25.7 Å². The number of rotatable bonds is 7. The SMILES string of the molecule is CNc1cc([N+](=O)[O-])ccc1S(=O)(=O)NCCS(N)(=O)=O. The van der Waals surface area contributed by atoms with Crippen LogP contribution in [0.2, 0.25) is 0 Å². The normalized spacial score (nSPS) is 12.1. The Kier molecular flexibility index (Phi) is 5.22. The number of hydrogen-bond acceptors (Lipinski definition) is 7. The Morgan fingerprint density at radius 2 is 1.90 bits per heavy atom. The molecule has 12 heteroatoms. The number of benzene rings is 1. The van der Waals surface area contributed by atoms with Crippen molar-refractivity contribution in [2.24, 2.45) is 5.14 Å². The van der Waals surface area contributed by atoms with E-state index in [4.69, 9.17) is 5.14 Å². The van der Waals surface area contributed by atoms with Gasteiger partial charge in [-0.2, -0.15) is 0 Å². The van der Waals surface area contributed by atoms with Crippen LogP contribution in [-0.4, -0.2) is 41.1 Å². The molecule has 0 aromatic heterocycles. The lowest BCUT2D eigenvalue weighted by molar-refractivity contribution is -0.384. The fourth-order valence-corrected chi connectivity index (χ4v) is 3.20. The van der Waals surface area contributed by atoms with Gasteiger partial charge in [-0.05, 0) is 6.07 Å². The number of non-ortho nitro benzene ring substituents is 1. The fraction of sp³-hybridized carbons (Fsp3) is 0.333. The van der Waals surface area contributed by atoms with Crippen LogP contribution in [0.15, 0.2) is 23.1 Å². The maximum atomic E-state index is 12.0. The van der Waals surface area contributed by atoms with Gasteiger partial charge >= 0.3 is 0 Å². The first-order valence-electron chi connectivity index (χ1n) is 5.53. The Hall–Kier alpha value is -1.76. The molecule has 0 unspecified atom stereocenters. The van der Waals surface area contributed by atoms with Crippen LogP contribution in [0.1, 0.15) is 0 Å². The summed E-state index contributed by atoms with van der Waals surface area (Å²) in [5, 5.41) is 17.9. The zero-order valence-corrected chi connectivity index (χ0v) is 12.6. The van der Waals surface area contributed by atoms with Crippen LogP contribution >= 0.6 is 0 Å². The van der Waals surface area contributed by atoms with Crippen LogP contribution in [0, 0.1) is 10.1 Å². The van der Waals surface area contributed by atoms with Gasteiger partial charge in [-0.15, -0.1) is 0 Å². The first-order valence-corrected chi connectivity index (χ1v) is 8.73. The first kappa shape index (κ1) is 17.3. The molecule has 0 bridgehead atoms. The van der Waals surface area contributed by atoms with Crippen LogP contribution in [0.25, 0.3) is 0 Å². The minimum absolute atomic E-state index is 0.0207. The molecule has 0 aliphatic carbocycles. The minimum atomic E-state index is -4.02. The quantitative estimate of drug-likeness (QED) is 0.433. The van der Waals surface area contributed by atoms with E-state index >= 15 is 0 Å². The summed E-state index contributed by atoms with van der Waals surface area (Å²) in [4.78, 5) is 9.75. The largest absolute Gasteiger partial charge is 0.387 e. The van der Waals surface area contributed by atoms with Crippen LogP contribution in [-0.2, 0) is 20.0 Å². The molecule has 1 rings (SSSR count). The number of nitrogens with one attached hydrogen (secondary N) is 2. The van der Waals surface area contributed by atoms with Gasteiger partial charge in [-0.25, -0.2) is 26.7 Å². The lowest BCUT2D eigenvalue weighted by atomic mass is 10.3. The summed E-state index contributed by atoms with van der Waals surface area (Å²) in [6, 6.07) is 3.16. The third kappa shape index (κ3) is 4.93. The van der Waals surface area contributed by atoms with Crippen molar-refractivity contribution in [3.05, 3.63) is 28.3 Å². The summed E-state index contributed by atoms with van der Waals surface area (Å²) in [5.74, 6) is -0.561. The minimum Gasteiger partial charge on any atom is -0.387 e. The molecular formula is C9H14N4O6S2. The van der Waals surface area contributed by atoms with Gasteiger partial charge in [0.05, 0.1) is 16.4 Å². The van der Waals surface area contributed by atoms with Gasteiger partial charge in [-0.1, -0.05) is 0 Å². The summed E-state index contributed by atoms with van der Waals surface area (Å²) in [5.41, 5.74) is -0.254. The second-order valence-corrected chi connectivity index (χ2v) is 7.42. The molecule has 4 N–H and O–H groups in total. The van der Waals surface area contributed by atoms with Gasteiger partial charge in [0.2, 0.25) is 20.0 Å². The average molecular weight is 338 g/mol. The molecule has 0 aliphatic heterocycles. The van der Waals surface area contributed by atoms with Crippen molar-refractivity contribution in [3.63, 3.8) is 0 Å². The predicted molar refractivity (Wildman–Crippen MR) is 75.8 cm³/mol. The molecule has 0 spiro atoms. The van der Waals surface area contributed by atoms with E-state index in [0.717, 1.165) is 18.2 Å². The van der Waals surface area contributed by atoms with Gasteiger partial charge in [0.25, 0.3) is 5.69 Å². The van der Waals surface area contributed by atoms with E-state index in [1.807, 2.05) is 0 Å². The molecule has 10 nitrogen and oxygen atoms in total. The van der Waals surface area contributed by atoms with E-state index in [1.54, 1.807) is 0 Å². The average Bonchev–Trinajstić information content (AvgIpc) is 2.35. The number of anilines is 1. The van der Waals surface area contributed by atoms with Crippen molar-refractivity contribution in [2.45, 2.75) is 4.90 Å². The molecule has 21 heavy (non-hydrogen) atoms. The van der Waals surface area contributed by atoms with Crippen LogP contribution in [0.3, 0.4) is 0 Å². The number of nitro groups is 1. The predicted octanol–water partition coefficient (Wildman–Crippen LogP) is -0.797. The molecule has 0 fully saturated rings. The Morgan fingerprint density at radius 1 is 1.29 bits per heavy atom. The molecule has 0 amide bonds. The number of hydrogen-bond donors (Lipinski definition) is 3. The van der Waals surface area contributed by atoms with E-state index in [9.17, 15) is 26.9 Å². The molecule has 1 aromatic carbocycles. The highest BCUT2D eigenvalue weighted by atomic mass is 32.2. The highest BCUT2D eigenvalue weighted by Gasteiger charge is 2.21. The van der Waals surface area contributed by atoms with E-state index < -0.39 is 37.3 Å². The highest BCUT2D eigenvalue weighted by molar-refractivity contribution is 7.90. The molecular weight excluding hydrogens is 324 g/mol. The Morgan fingerprint density at radius 3 is 2.38 bits per heavy atom. The van der Waals surface area contributed by atoms with Crippen molar-refractivity contribution in [1.29, 1.82) is 0 Å². The maximum Gasteiger partial charge on any atom is 0.271 e. The highest BCUT2D eigenvalue weighted by Crippen LogP contribution is 2.25. The molecule has 0 saturated heterocycles. The molecule has 0 saturated carbocycles. The maximum absolute atomic E-state index is 12.0. The van der Waals surface area contributed by atoms with Crippen LogP contribution < -0.4 is 15.2 Å². The smallest absolute Gasteiger partial charge is 0.271 e. The standard InChI is InChI=1S/C9H14N4O6S2/c1-11-8-6-7(13(14)15)2-3-9(8)21(18,19)12-4-5-20(10,16)17/h2-3,6,11-12H,4-5H2,1H3,(H2,10,16,17). The monoisotopic (exact) mass is 338 g/mol. The molecule has 0 atom stereocenters. The fourth-order valence-electron chi connectivity index (χ4n) is 1.46. The van der Waals surface area contributed by atoms with Crippen molar-refractivity contribution in [1.82, 2.24) is 4.72 Å². The molecule has 118 valence electrons. The van der Waals surface area contributed by atoms with Gasteiger partial charge < -0.3 is 5.32 Å². The summed E-state index contributed by atoms with van der Waals surface area (Å²) in [7, 11) is -6.41. The Bertz CT molecular complexity index is 744. The van der Waals surface area contributed by atoms with Crippen molar-refractivity contribution < 1.29 is 21.8 Å². The first-order chi connectivity index (χ1) is 9.57. The molecule has 0 aliphatic rings. The third-order valence-electron chi connectivity index (χ3n) is 2.41. The topological polar surface area (TPSA) is 162 Å². The zero-order valence-electron chi connectivity index (χ0n) is 10.9. The number of primary sulfonamides is 1. The molecule has 0 radical (unpaired) electrons. The molecule has 0 heterocycles. The van der Waals surface area contributed by atoms with E-state index in [1.165, 1.54) is 7.05 Å². The summed E-state index contributed by atoms with van der Waals surface area (Å²) in [6.07, 6.45) is 0. The van der Waals surface area contributed by atoms with E-state index in [-0.39, 0.29) is 16.3 Å². The Balaban J connectivity index is 3.05. The van der Waals surface area contributed by atoms with E-state index in [2.05, 4.69) is 10.0 Å². The van der Waals surface area contributed by atoms with Crippen molar-refractivity contribution in [2.75, 3.05) is 24.7 Å². The molecule has 1 aromatic rings. The van der Waals surface area contributed by atoms with Crippen molar-refractivity contribution in [3.8, 4) is 0 Å². The van der Waals surface area contributed by atoms with Gasteiger partial charge in [0.15, 0.2) is 0 Å². The lowest BCUT2D eigenvalue weighted by Crippen LogP contribution is -2.31.